The number of carbonyl (C=O) groups is 4. The molecule has 16 atom stereocenters. The molecular weight excluding hydrogens is 921 g/mol. The van der Waals surface area contributed by atoms with E-state index in [1.807, 2.05) is 65.0 Å². The zero-order chi connectivity index (χ0) is 52.2. The Kier molecular flexibility index (Phi) is 22.0. The molecule has 71 heavy (non-hydrogen) atoms. The monoisotopic (exact) mass is 1000 g/mol. The molecule has 0 radical (unpaired) electrons. The highest BCUT2D eigenvalue weighted by Gasteiger charge is 2.56. The van der Waals surface area contributed by atoms with E-state index in [4.69, 9.17) is 38.9 Å². The van der Waals surface area contributed by atoms with Gasteiger partial charge in [0.2, 0.25) is 0 Å². The molecule has 1 heterocycles. The van der Waals surface area contributed by atoms with Crippen molar-refractivity contribution in [3.63, 3.8) is 0 Å². The Morgan fingerprint density at radius 3 is 2.24 bits per heavy atom. The van der Waals surface area contributed by atoms with Crippen LogP contribution in [0.25, 0.3) is 0 Å². The van der Waals surface area contributed by atoms with Gasteiger partial charge in [0.05, 0.1) is 38.6 Å². The molecular formula is C53H82N2O16. The maximum atomic E-state index is 13.1. The molecule has 1 saturated heterocycles. The van der Waals surface area contributed by atoms with Crippen molar-refractivity contribution in [1.82, 2.24) is 5.32 Å². The highest BCUT2D eigenvalue weighted by molar-refractivity contribution is 5.87. The molecule has 0 aromatic heterocycles. The summed E-state index contributed by atoms with van der Waals surface area (Å²) in [4.78, 5) is 50.3. The molecule has 0 spiro atoms. The van der Waals surface area contributed by atoms with Crippen molar-refractivity contribution in [1.29, 1.82) is 0 Å². The van der Waals surface area contributed by atoms with Gasteiger partial charge in [-0.1, -0.05) is 81.7 Å². The van der Waals surface area contributed by atoms with Crippen molar-refractivity contribution in [3.05, 3.63) is 58.7 Å². The van der Waals surface area contributed by atoms with Gasteiger partial charge >= 0.3 is 17.9 Å². The summed E-state index contributed by atoms with van der Waals surface area (Å²) in [6.45, 7) is 12.7. The number of aliphatic hydroxyl groups is 5. The van der Waals surface area contributed by atoms with Gasteiger partial charge < -0.3 is 69.7 Å². The number of amides is 1. The second kappa shape index (κ2) is 26.9. The third-order valence-electron chi connectivity index (χ3n) is 14.7. The van der Waals surface area contributed by atoms with E-state index in [2.05, 4.69) is 11.4 Å². The Morgan fingerprint density at radius 1 is 0.901 bits per heavy atom. The van der Waals surface area contributed by atoms with Crippen LogP contribution in [0, 0.1) is 35.0 Å². The van der Waals surface area contributed by atoms with E-state index in [0.29, 0.717) is 44.3 Å². The first-order valence-corrected chi connectivity index (χ1v) is 25.5. The molecule has 1 aromatic rings. The fraction of sp³-hybridized carbons (Fsp3) is 0.736. The van der Waals surface area contributed by atoms with Gasteiger partial charge in [-0.15, -0.1) is 0 Å². The molecule has 18 heteroatoms. The zero-order valence-corrected chi connectivity index (χ0v) is 42.9. The molecule has 3 aliphatic carbocycles. The van der Waals surface area contributed by atoms with Crippen molar-refractivity contribution in [2.24, 2.45) is 40.7 Å². The highest BCUT2D eigenvalue weighted by atomic mass is 16.7. The van der Waals surface area contributed by atoms with Crippen LogP contribution >= 0.6 is 0 Å². The Labute approximate surface area is 418 Å². The van der Waals surface area contributed by atoms with Gasteiger partial charge in [0, 0.05) is 50.9 Å². The number of ether oxygens (including phenoxy) is 7. The van der Waals surface area contributed by atoms with Crippen molar-refractivity contribution in [3.8, 4) is 0 Å². The van der Waals surface area contributed by atoms with Crippen LogP contribution in [0.15, 0.2) is 53.1 Å². The number of aliphatic hydroxyl groups excluding tert-OH is 5. The second-order valence-electron chi connectivity index (χ2n) is 20.8. The van der Waals surface area contributed by atoms with E-state index < -0.39 is 96.4 Å². The summed E-state index contributed by atoms with van der Waals surface area (Å²) in [6, 6.07) is 7.44. The number of fused-ring (bicyclic) bond motifs is 2. The Balaban J connectivity index is 1.20. The topological polar surface area (TPSA) is 272 Å². The van der Waals surface area contributed by atoms with Gasteiger partial charge in [0.1, 0.15) is 36.6 Å². The number of hydrogen-bond donors (Lipinski definition) is 7. The largest absolute Gasteiger partial charge is 0.465 e. The van der Waals surface area contributed by atoms with E-state index in [-0.39, 0.29) is 68.9 Å². The summed E-state index contributed by atoms with van der Waals surface area (Å²) in [5.74, 6) is -3.23. The average Bonchev–Trinajstić information content (AvgIpc) is 3.82. The molecule has 1 amide bonds. The van der Waals surface area contributed by atoms with Crippen LogP contribution in [0.3, 0.4) is 0 Å². The first-order chi connectivity index (χ1) is 33.7. The SMILES string of the molecule is COC[C@H]1CC[C@@H]2/C1=C\[C@]1(C)C(=C([C@H](C)COC(C)=O)C[C@@H]1O)[C@@H](OC1OC(COCCCCCCOC(=O)[C@H](CC(C)C)NC(=O)[C@@H](O)[C@H](N)Cc3ccccc3)C(O)C(OC(C)=O)C1O)[C@H](O)[C@@H]2C. The first kappa shape index (κ1) is 58.1. The van der Waals surface area contributed by atoms with Crippen LogP contribution < -0.4 is 11.1 Å². The number of rotatable bonds is 25. The molecule has 1 saturated carbocycles. The minimum absolute atomic E-state index is 0.0237. The van der Waals surface area contributed by atoms with Crippen LogP contribution in [-0.2, 0) is 58.8 Å². The number of hydrogen-bond acceptors (Lipinski definition) is 17. The second-order valence-corrected chi connectivity index (χ2v) is 20.8. The number of methoxy groups -OCH3 is 1. The van der Waals surface area contributed by atoms with Crippen LogP contribution in [-0.4, -0.2) is 157 Å². The van der Waals surface area contributed by atoms with E-state index in [1.54, 1.807) is 7.11 Å². The third-order valence-corrected chi connectivity index (χ3v) is 14.7. The van der Waals surface area contributed by atoms with E-state index in [0.717, 1.165) is 36.5 Å². The summed E-state index contributed by atoms with van der Waals surface area (Å²) in [7, 11) is 1.65. The summed E-state index contributed by atoms with van der Waals surface area (Å²) in [5, 5.41) is 60.8. The number of esters is 3. The fourth-order valence-electron chi connectivity index (χ4n) is 10.8. The normalized spacial score (nSPS) is 32.0. The summed E-state index contributed by atoms with van der Waals surface area (Å²) >= 11 is 0. The summed E-state index contributed by atoms with van der Waals surface area (Å²) in [5.41, 5.74) is 8.39. The molecule has 5 rings (SSSR count). The van der Waals surface area contributed by atoms with Crippen molar-refractivity contribution in [2.75, 3.05) is 40.1 Å². The predicted molar refractivity (Wildman–Crippen MR) is 260 cm³/mol. The molecule has 8 N–H and O–H groups in total. The lowest BCUT2D eigenvalue weighted by Crippen LogP contribution is -2.62. The minimum atomic E-state index is -1.69. The van der Waals surface area contributed by atoms with Crippen molar-refractivity contribution >= 4 is 23.8 Å². The number of nitrogens with one attached hydrogen (secondary N) is 1. The number of unbranched alkanes of at least 4 members (excludes halogenated alkanes) is 3. The average molecular weight is 1000 g/mol. The maximum absolute atomic E-state index is 13.1. The lowest BCUT2D eigenvalue weighted by Gasteiger charge is -2.46. The van der Waals surface area contributed by atoms with Gasteiger partial charge in [-0.2, -0.15) is 0 Å². The molecule has 18 nitrogen and oxygen atoms in total. The lowest BCUT2D eigenvalue weighted by molar-refractivity contribution is -0.318. The number of carbonyl (C=O) groups excluding carboxylic acids is 4. The van der Waals surface area contributed by atoms with Crippen LogP contribution in [0.2, 0.25) is 0 Å². The predicted octanol–water partition coefficient (Wildman–Crippen LogP) is 3.21. The highest BCUT2D eigenvalue weighted by Crippen LogP contribution is 2.56. The van der Waals surface area contributed by atoms with Crippen molar-refractivity contribution in [2.45, 2.75) is 173 Å². The summed E-state index contributed by atoms with van der Waals surface area (Å²) in [6.07, 6.45) is -5.10. The van der Waals surface area contributed by atoms with Crippen LogP contribution in [0.1, 0.15) is 105 Å². The van der Waals surface area contributed by atoms with E-state index in [9.17, 15) is 44.7 Å². The van der Waals surface area contributed by atoms with E-state index >= 15 is 0 Å². The Bertz CT molecular complexity index is 1960. The van der Waals surface area contributed by atoms with Crippen LogP contribution in [0.4, 0.5) is 0 Å². The lowest BCUT2D eigenvalue weighted by atomic mass is 9.68. The quantitative estimate of drug-likeness (QED) is 0.0321. The molecule has 1 aromatic carbocycles. The van der Waals surface area contributed by atoms with Gasteiger partial charge in [-0.05, 0) is 87.2 Å². The van der Waals surface area contributed by atoms with Gasteiger partial charge in [-0.3, -0.25) is 14.4 Å². The number of benzene rings is 1. The van der Waals surface area contributed by atoms with Crippen molar-refractivity contribution < 1.29 is 77.9 Å². The molecule has 400 valence electrons. The van der Waals surface area contributed by atoms with Crippen LogP contribution in [0.5, 0.6) is 0 Å². The van der Waals surface area contributed by atoms with E-state index in [1.165, 1.54) is 6.92 Å². The molecule has 1 aliphatic heterocycles. The fourth-order valence-corrected chi connectivity index (χ4v) is 10.8. The Hall–Kier alpha value is -3.82. The molecule has 2 fully saturated rings. The zero-order valence-electron chi connectivity index (χ0n) is 42.9. The molecule has 4 aliphatic rings. The maximum Gasteiger partial charge on any atom is 0.328 e. The Morgan fingerprint density at radius 2 is 1.59 bits per heavy atom. The molecule has 0 bridgehead atoms. The minimum Gasteiger partial charge on any atom is -0.465 e. The van der Waals surface area contributed by atoms with Gasteiger partial charge in [0.25, 0.3) is 5.91 Å². The molecule has 5 unspecified atom stereocenters. The van der Waals surface area contributed by atoms with Gasteiger partial charge in [0.15, 0.2) is 12.4 Å². The first-order valence-electron chi connectivity index (χ1n) is 25.5. The van der Waals surface area contributed by atoms with Gasteiger partial charge in [-0.25, -0.2) is 4.79 Å². The summed E-state index contributed by atoms with van der Waals surface area (Å²) < 4.78 is 41.0. The third kappa shape index (κ3) is 15.1. The standard InChI is InChI=1S/C53H82N2O16/c1-29(2)22-40(55-50(63)45(60)39(54)23-34-16-12-11-13-17-34)51(64)67-21-15-10-9-14-20-66-28-41-46(61)49(69-33(6)57)47(62)52(70-41)71-48-43-37(30(3)26-68-32(5)56)24-42(58)53(43,7)25-38-35(27-65-8)18-19-36(38)31(4)44(48)59/h11-13,16-17,25,29-31,35-36,39-42,44-49,52,58-62H,9-10,14-15,18-24,26-28,54H2,1-8H3,(H,55,63)/b38-25-/t30-,31-,35-,36+,39-,40+,41?,42+,44-,45+,46?,47?,48-,49?,52?,53+/m1/s1. The smallest absolute Gasteiger partial charge is 0.328 e. The number of nitrogens with two attached hydrogens (primary N) is 1.